The first-order chi connectivity index (χ1) is 11.6. The summed E-state index contributed by atoms with van der Waals surface area (Å²) in [5.41, 5.74) is 1.24. The summed E-state index contributed by atoms with van der Waals surface area (Å²) >= 11 is 1.37. The quantitative estimate of drug-likeness (QED) is 0.679. The fraction of sp³-hybridized carbons (Fsp3) is 0.375. The summed E-state index contributed by atoms with van der Waals surface area (Å²) in [5, 5.41) is 16.4. The molecule has 7 nitrogen and oxygen atoms in total. The van der Waals surface area contributed by atoms with Gasteiger partial charge in [0.2, 0.25) is 0 Å². The van der Waals surface area contributed by atoms with E-state index in [1.54, 1.807) is 22.4 Å². The number of nitrogens with one attached hydrogen (secondary N) is 1. The SMILES string of the molecule is CN(C(=O)c1csc(-c2ccc([N+](=O)[O-])cc2)n1)C1CCNCC1. The lowest BCUT2D eigenvalue weighted by Gasteiger charge is -2.31. The molecule has 0 bridgehead atoms. The zero-order chi connectivity index (χ0) is 17.1. The van der Waals surface area contributed by atoms with Crippen LogP contribution in [0.5, 0.6) is 0 Å². The normalized spacial score (nSPS) is 15.2. The minimum absolute atomic E-state index is 0.0391. The van der Waals surface area contributed by atoms with Crippen molar-refractivity contribution in [2.45, 2.75) is 18.9 Å². The Hall–Kier alpha value is -2.32. The lowest BCUT2D eigenvalue weighted by Crippen LogP contribution is -2.44. The molecule has 0 radical (unpaired) electrons. The number of rotatable bonds is 4. The molecule has 2 aromatic rings. The van der Waals surface area contributed by atoms with Crippen molar-refractivity contribution in [3.05, 3.63) is 45.5 Å². The maximum atomic E-state index is 12.6. The number of non-ortho nitro benzene ring substituents is 1. The van der Waals surface area contributed by atoms with E-state index >= 15 is 0 Å². The number of nitro benzene ring substituents is 1. The molecular formula is C16H18N4O3S. The summed E-state index contributed by atoms with van der Waals surface area (Å²) in [6.07, 6.45) is 1.89. The number of amides is 1. The maximum absolute atomic E-state index is 12.6. The first-order valence-corrected chi connectivity index (χ1v) is 8.62. The maximum Gasteiger partial charge on any atom is 0.273 e. The van der Waals surface area contributed by atoms with Crippen LogP contribution in [0.2, 0.25) is 0 Å². The van der Waals surface area contributed by atoms with Crippen LogP contribution in [0.4, 0.5) is 5.69 Å². The van der Waals surface area contributed by atoms with Crippen molar-refractivity contribution in [3.63, 3.8) is 0 Å². The molecule has 1 aliphatic heterocycles. The van der Waals surface area contributed by atoms with Gasteiger partial charge in [-0.1, -0.05) is 0 Å². The highest BCUT2D eigenvalue weighted by molar-refractivity contribution is 7.13. The third-order valence-electron chi connectivity index (χ3n) is 4.23. The third kappa shape index (κ3) is 3.44. The second-order valence-corrected chi connectivity index (χ2v) is 6.60. The van der Waals surface area contributed by atoms with Crippen molar-refractivity contribution < 1.29 is 9.72 Å². The zero-order valence-corrected chi connectivity index (χ0v) is 14.1. The number of nitro groups is 1. The minimum Gasteiger partial charge on any atom is -0.337 e. The number of benzene rings is 1. The number of thiazole rings is 1. The second kappa shape index (κ2) is 7.06. The lowest BCUT2D eigenvalue weighted by atomic mass is 10.1. The topological polar surface area (TPSA) is 88.4 Å². The molecule has 1 N–H and O–H groups in total. The Bertz CT molecular complexity index is 738. The molecule has 0 aliphatic carbocycles. The molecule has 0 saturated carbocycles. The first kappa shape index (κ1) is 16.5. The molecule has 8 heteroatoms. The lowest BCUT2D eigenvalue weighted by molar-refractivity contribution is -0.384. The van der Waals surface area contributed by atoms with Crippen molar-refractivity contribution >= 4 is 22.9 Å². The van der Waals surface area contributed by atoms with Crippen LogP contribution in [-0.4, -0.2) is 46.9 Å². The predicted octanol–water partition coefficient (Wildman–Crippen LogP) is 2.54. The van der Waals surface area contributed by atoms with Gasteiger partial charge in [0, 0.05) is 36.2 Å². The van der Waals surface area contributed by atoms with E-state index in [2.05, 4.69) is 10.3 Å². The summed E-state index contributed by atoms with van der Waals surface area (Å²) in [7, 11) is 1.82. The molecular weight excluding hydrogens is 328 g/mol. The highest BCUT2D eigenvalue weighted by atomic mass is 32.1. The van der Waals surface area contributed by atoms with Crippen LogP contribution in [0, 0.1) is 10.1 Å². The number of nitrogens with zero attached hydrogens (tertiary/aromatic N) is 3. The fourth-order valence-corrected chi connectivity index (χ4v) is 3.57. The van der Waals surface area contributed by atoms with Crippen LogP contribution in [0.25, 0.3) is 10.6 Å². The van der Waals surface area contributed by atoms with Crippen LogP contribution in [0.1, 0.15) is 23.3 Å². The number of carbonyl (C=O) groups excluding carboxylic acids is 1. The molecule has 24 heavy (non-hydrogen) atoms. The molecule has 1 amide bonds. The standard InChI is InChI=1S/C16H18N4O3S/c1-19(12-6-8-17-9-7-12)16(21)14-10-24-15(18-14)11-2-4-13(5-3-11)20(22)23/h2-5,10,12,17H,6-9H2,1H3. The average Bonchev–Trinajstić information content (AvgIpc) is 3.11. The molecule has 3 rings (SSSR count). The van der Waals surface area contributed by atoms with Gasteiger partial charge in [-0.05, 0) is 38.1 Å². The Labute approximate surface area is 143 Å². The van der Waals surface area contributed by atoms with Gasteiger partial charge in [0.25, 0.3) is 11.6 Å². The van der Waals surface area contributed by atoms with E-state index in [0.29, 0.717) is 10.7 Å². The van der Waals surface area contributed by atoms with Crippen molar-refractivity contribution in [2.24, 2.45) is 0 Å². The molecule has 0 atom stereocenters. The van der Waals surface area contributed by atoms with Crippen LogP contribution in [0.15, 0.2) is 29.6 Å². The number of hydrogen-bond acceptors (Lipinski definition) is 6. The van der Waals surface area contributed by atoms with Crippen molar-refractivity contribution in [1.82, 2.24) is 15.2 Å². The Morgan fingerprint density at radius 3 is 2.62 bits per heavy atom. The van der Waals surface area contributed by atoms with Crippen molar-refractivity contribution in [1.29, 1.82) is 0 Å². The molecule has 1 saturated heterocycles. The van der Waals surface area contributed by atoms with Crippen LogP contribution in [-0.2, 0) is 0 Å². The molecule has 1 aromatic heterocycles. The average molecular weight is 346 g/mol. The van der Waals surface area contributed by atoms with E-state index in [0.717, 1.165) is 31.5 Å². The van der Waals surface area contributed by atoms with E-state index in [9.17, 15) is 14.9 Å². The summed E-state index contributed by atoms with van der Waals surface area (Å²) in [6, 6.07) is 6.44. The molecule has 1 aromatic carbocycles. The van der Waals surface area contributed by atoms with Crippen LogP contribution in [0.3, 0.4) is 0 Å². The fourth-order valence-electron chi connectivity index (χ4n) is 2.77. The van der Waals surface area contributed by atoms with E-state index < -0.39 is 4.92 Å². The van der Waals surface area contributed by atoms with Gasteiger partial charge < -0.3 is 10.2 Å². The second-order valence-electron chi connectivity index (χ2n) is 5.74. The molecule has 126 valence electrons. The smallest absolute Gasteiger partial charge is 0.273 e. The number of carbonyl (C=O) groups is 1. The van der Waals surface area contributed by atoms with Crippen LogP contribution >= 0.6 is 11.3 Å². The summed E-state index contributed by atoms with van der Waals surface area (Å²) in [4.78, 5) is 29.0. The highest BCUT2D eigenvalue weighted by Gasteiger charge is 2.24. The van der Waals surface area contributed by atoms with Crippen molar-refractivity contribution in [2.75, 3.05) is 20.1 Å². The third-order valence-corrected chi connectivity index (χ3v) is 5.12. The van der Waals surface area contributed by atoms with Gasteiger partial charge in [-0.15, -0.1) is 11.3 Å². The van der Waals surface area contributed by atoms with Gasteiger partial charge >= 0.3 is 0 Å². The van der Waals surface area contributed by atoms with Gasteiger partial charge in [0.1, 0.15) is 10.7 Å². The Balaban J connectivity index is 1.74. The molecule has 2 heterocycles. The van der Waals surface area contributed by atoms with Gasteiger partial charge in [-0.25, -0.2) is 4.98 Å². The monoisotopic (exact) mass is 346 g/mol. The van der Waals surface area contributed by atoms with Crippen molar-refractivity contribution in [3.8, 4) is 10.6 Å². The van der Waals surface area contributed by atoms with Gasteiger partial charge in [-0.2, -0.15) is 0 Å². The number of aromatic nitrogens is 1. The number of hydrogen-bond donors (Lipinski definition) is 1. The highest BCUT2D eigenvalue weighted by Crippen LogP contribution is 2.26. The van der Waals surface area contributed by atoms with E-state index in [1.165, 1.54) is 23.5 Å². The molecule has 1 aliphatic rings. The van der Waals surface area contributed by atoms with E-state index in [-0.39, 0.29) is 17.6 Å². The first-order valence-electron chi connectivity index (χ1n) is 7.74. The number of piperidine rings is 1. The largest absolute Gasteiger partial charge is 0.337 e. The Morgan fingerprint density at radius 1 is 1.33 bits per heavy atom. The van der Waals surface area contributed by atoms with E-state index in [1.807, 2.05) is 7.05 Å². The molecule has 1 fully saturated rings. The van der Waals surface area contributed by atoms with E-state index in [4.69, 9.17) is 0 Å². The minimum atomic E-state index is -0.436. The zero-order valence-electron chi connectivity index (χ0n) is 13.3. The summed E-state index contributed by atoms with van der Waals surface area (Å²) in [6.45, 7) is 1.85. The van der Waals surface area contributed by atoms with Gasteiger partial charge in [-0.3, -0.25) is 14.9 Å². The van der Waals surface area contributed by atoms with Gasteiger partial charge in [0.15, 0.2) is 0 Å². The molecule has 0 unspecified atom stereocenters. The van der Waals surface area contributed by atoms with Gasteiger partial charge in [0.05, 0.1) is 4.92 Å². The van der Waals surface area contributed by atoms with Crippen LogP contribution < -0.4 is 5.32 Å². The summed E-state index contributed by atoms with van der Waals surface area (Å²) in [5.74, 6) is -0.0775. The Morgan fingerprint density at radius 2 is 2.00 bits per heavy atom. The predicted molar refractivity (Wildman–Crippen MR) is 92.2 cm³/mol. The Kier molecular flexibility index (Phi) is 4.86. The molecule has 0 spiro atoms. The summed E-state index contributed by atoms with van der Waals surface area (Å²) < 4.78 is 0.